The molecule has 0 aliphatic carbocycles. The van der Waals surface area contributed by atoms with Gasteiger partial charge in [0.15, 0.2) is 0 Å². The summed E-state index contributed by atoms with van der Waals surface area (Å²) in [5.41, 5.74) is 18.2. The molecule has 1 heterocycles. The van der Waals surface area contributed by atoms with E-state index in [0.29, 0.717) is 0 Å². The minimum atomic E-state index is 1.07. The molecule has 0 atom stereocenters. The van der Waals surface area contributed by atoms with Gasteiger partial charge < -0.3 is 9.80 Å². The predicted octanol–water partition coefficient (Wildman–Crippen LogP) is 19.3. The molecule has 1 aromatic heterocycles. The molecule has 0 bridgehead atoms. The first-order chi connectivity index (χ1) is 34.2. The van der Waals surface area contributed by atoms with Crippen LogP contribution in [0, 0.1) is 0 Å². The third-order valence-electron chi connectivity index (χ3n) is 13.1. The largest absolute Gasteiger partial charge is 0.310 e. The highest BCUT2D eigenvalue weighted by Crippen LogP contribution is 2.47. The van der Waals surface area contributed by atoms with Crippen LogP contribution in [0.25, 0.3) is 75.8 Å². The molecule has 3 heteroatoms. The molecule has 0 saturated carbocycles. The van der Waals surface area contributed by atoms with Crippen LogP contribution in [-0.2, 0) is 0 Å². The Kier molecular flexibility index (Phi) is 11.2. The fraction of sp³-hybridized carbons (Fsp3) is 0. The van der Waals surface area contributed by atoms with Crippen LogP contribution in [0.3, 0.4) is 0 Å². The van der Waals surface area contributed by atoms with Crippen molar-refractivity contribution >= 4 is 65.6 Å². The van der Waals surface area contributed by atoms with Crippen molar-refractivity contribution in [3.05, 3.63) is 279 Å². The van der Waals surface area contributed by atoms with Gasteiger partial charge in [-0.05, 0) is 117 Å². The maximum absolute atomic E-state index is 2.41. The normalized spacial score (nSPS) is 11.2. The van der Waals surface area contributed by atoms with E-state index in [4.69, 9.17) is 0 Å². The van der Waals surface area contributed by atoms with Crippen molar-refractivity contribution in [2.45, 2.75) is 0 Å². The second-order valence-corrected chi connectivity index (χ2v) is 18.4. The van der Waals surface area contributed by atoms with Gasteiger partial charge in [0.05, 0.1) is 11.4 Å². The minimum Gasteiger partial charge on any atom is -0.310 e. The van der Waals surface area contributed by atoms with Gasteiger partial charge in [-0.25, -0.2) is 0 Å². The van der Waals surface area contributed by atoms with Gasteiger partial charge in [0.2, 0.25) is 0 Å². The number of benzene rings is 11. The zero-order valence-electron chi connectivity index (χ0n) is 37.9. The van der Waals surface area contributed by atoms with Crippen LogP contribution in [0.1, 0.15) is 0 Å². The summed E-state index contributed by atoms with van der Waals surface area (Å²) < 4.78 is 2.62. The molecule has 12 aromatic rings. The molecule has 0 fully saturated rings. The monoisotopic (exact) mass is 898 g/mol. The van der Waals surface area contributed by atoms with Gasteiger partial charge in [-0.3, -0.25) is 0 Å². The summed E-state index contributed by atoms with van der Waals surface area (Å²) in [6.45, 7) is 0. The Morgan fingerprint density at radius 1 is 0.217 bits per heavy atom. The van der Waals surface area contributed by atoms with Crippen molar-refractivity contribution in [3.63, 3.8) is 0 Å². The molecule has 11 aromatic carbocycles. The van der Waals surface area contributed by atoms with Gasteiger partial charge >= 0.3 is 0 Å². The number of rotatable bonds is 11. The molecular formula is C66H46N2S. The van der Waals surface area contributed by atoms with Gasteiger partial charge in [-0.1, -0.05) is 206 Å². The number of nitrogens with zero attached hydrogens (tertiary/aromatic N) is 2. The smallest absolute Gasteiger partial charge is 0.0540 e. The van der Waals surface area contributed by atoms with Crippen LogP contribution in [0.2, 0.25) is 0 Å². The van der Waals surface area contributed by atoms with Crippen molar-refractivity contribution in [2.75, 3.05) is 9.80 Å². The van der Waals surface area contributed by atoms with Crippen LogP contribution < -0.4 is 9.80 Å². The second kappa shape index (κ2) is 18.5. The number of thiophene rings is 1. The molecule has 0 radical (unpaired) electrons. The van der Waals surface area contributed by atoms with Crippen LogP contribution in [0.15, 0.2) is 279 Å². The Bertz CT molecular complexity index is 3590. The highest BCUT2D eigenvalue weighted by atomic mass is 32.1. The molecule has 0 spiro atoms. The highest BCUT2D eigenvalue weighted by molar-refractivity contribution is 7.25. The Hall–Kier alpha value is -8.76. The summed E-state index contributed by atoms with van der Waals surface area (Å²) in [6, 6.07) is 101. The van der Waals surface area contributed by atoms with Crippen molar-refractivity contribution in [1.29, 1.82) is 0 Å². The number of fused-ring (bicyclic) bond motifs is 3. The average Bonchev–Trinajstić information content (AvgIpc) is 3.81. The van der Waals surface area contributed by atoms with E-state index >= 15 is 0 Å². The number of para-hydroxylation sites is 2. The number of hydrogen-bond acceptors (Lipinski definition) is 3. The minimum absolute atomic E-state index is 1.07. The molecule has 0 N–H and O–H groups in total. The lowest BCUT2D eigenvalue weighted by molar-refractivity contribution is 1.27. The Morgan fingerprint density at radius 2 is 0.522 bits per heavy atom. The second-order valence-electron chi connectivity index (χ2n) is 17.3. The van der Waals surface area contributed by atoms with Crippen molar-refractivity contribution in [1.82, 2.24) is 0 Å². The lowest BCUT2D eigenvalue weighted by Gasteiger charge is -2.31. The van der Waals surface area contributed by atoms with Crippen LogP contribution >= 0.6 is 11.3 Å². The Balaban J connectivity index is 0.985. The summed E-state index contributed by atoms with van der Waals surface area (Å²) in [5.74, 6) is 0. The van der Waals surface area contributed by atoms with E-state index in [9.17, 15) is 0 Å². The van der Waals surface area contributed by atoms with E-state index in [2.05, 4.69) is 289 Å². The average molecular weight is 899 g/mol. The van der Waals surface area contributed by atoms with Crippen molar-refractivity contribution < 1.29 is 0 Å². The standard InChI is InChI=1S/C66H46N2S/c1-4-16-47(17-5-1)50-28-37-55(38-29-50)67(56-39-30-51(31-40-56)48-18-6-2-7-19-48)63-25-13-10-22-59(63)60-23-11-14-26-64(60)68(57-41-32-52(33-42-57)49-20-8-3-9-21-49)58-43-34-53(35-44-58)54-36-45-62-61-24-12-15-27-65(61)69-66(62)46-54/h1-46H. The first-order valence-electron chi connectivity index (χ1n) is 23.5. The first kappa shape index (κ1) is 41.7. The molecule has 326 valence electrons. The molecule has 0 amide bonds. The first-order valence-corrected chi connectivity index (χ1v) is 24.3. The third-order valence-corrected chi connectivity index (χ3v) is 14.2. The molecule has 0 unspecified atom stereocenters. The van der Waals surface area contributed by atoms with Gasteiger partial charge in [0.1, 0.15) is 0 Å². The molecular weight excluding hydrogens is 853 g/mol. The predicted molar refractivity (Wildman–Crippen MR) is 296 cm³/mol. The molecule has 69 heavy (non-hydrogen) atoms. The lowest BCUT2D eigenvalue weighted by atomic mass is 9.97. The Morgan fingerprint density at radius 3 is 0.942 bits per heavy atom. The van der Waals surface area contributed by atoms with E-state index in [0.717, 1.165) is 45.3 Å². The van der Waals surface area contributed by atoms with Gasteiger partial charge in [0.25, 0.3) is 0 Å². The van der Waals surface area contributed by atoms with Gasteiger partial charge in [0, 0.05) is 54.0 Å². The lowest BCUT2D eigenvalue weighted by Crippen LogP contribution is -2.13. The summed E-state index contributed by atoms with van der Waals surface area (Å²) in [6.07, 6.45) is 0. The summed E-state index contributed by atoms with van der Waals surface area (Å²) in [7, 11) is 0. The van der Waals surface area contributed by atoms with E-state index in [1.165, 1.54) is 64.7 Å². The number of hydrogen-bond donors (Lipinski definition) is 0. The Labute approximate surface area is 407 Å². The van der Waals surface area contributed by atoms with Crippen molar-refractivity contribution in [3.8, 4) is 55.6 Å². The maximum Gasteiger partial charge on any atom is 0.0540 e. The topological polar surface area (TPSA) is 6.48 Å². The molecule has 2 nitrogen and oxygen atoms in total. The fourth-order valence-corrected chi connectivity index (χ4v) is 10.8. The zero-order chi connectivity index (χ0) is 45.9. The van der Waals surface area contributed by atoms with Crippen LogP contribution in [0.4, 0.5) is 34.1 Å². The highest BCUT2D eigenvalue weighted by Gasteiger charge is 2.23. The van der Waals surface area contributed by atoms with Crippen LogP contribution in [-0.4, -0.2) is 0 Å². The summed E-state index contributed by atoms with van der Waals surface area (Å²) in [4.78, 5) is 4.81. The van der Waals surface area contributed by atoms with Gasteiger partial charge in [-0.2, -0.15) is 0 Å². The van der Waals surface area contributed by atoms with E-state index in [1.807, 2.05) is 11.3 Å². The number of anilines is 6. The van der Waals surface area contributed by atoms with E-state index < -0.39 is 0 Å². The summed E-state index contributed by atoms with van der Waals surface area (Å²) >= 11 is 1.86. The quantitative estimate of drug-likeness (QED) is 0.128. The van der Waals surface area contributed by atoms with E-state index in [-0.39, 0.29) is 0 Å². The zero-order valence-corrected chi connectivity index (χ0v) is 38.7. The van der Waals surface area contributed by atoms with Gasteiger partial charge in [-0.15, -0.1) is 11.3 Å². The molecule has 0 saturated heterocycles. The van der Waals surface area contributed by atoms with Crippen molar-refractivity contribution in [2.24, 2.45) is 0 Å². The summed E-state index contributed by atoms with van der Waals surface area (Å²) in [5, 5.41) is 2.63. The molecule has 12 rings (SSSR count). The van der Waals surface area contributed by atoms with Crippen LogP contribution in [0.5, 0.6) is 0 Å². The molecule has 0 aliphatic rings. The SMILES string of the molecule is c1ccc(-c2ccc(N(c3ccc(-c4ccccc4)cc3)c3ccccc3-c3ccccc3N(c3ccc(-c4ccccc4)cc3)c3ccc(-c4ccc5c(c4)sc4ccccc45)cc3)cc2)cc1. The molecule has 0 aliphatic heterocycles. The van der Waals surface area contributed by atoms with E-state index in [1.54, 1.807) is 0 Å². The maximum atomic E-state index is 2.41. The third kappa shape index (κ3) is 8.27. The fourth-order valence-electron chi connectivity index (χ4n) is 9.66.